The zero-order chi connectivity index (χ0) is 28.2. The summed E-state index contributed by atoms with van der Waals surface area (Å²) >= 11 is 16.0. The molecule has 6 nitrogen and oxygen atoms in total. The van der Waals surface area contributed by atoms with Crippen LogP contribution in [0.4, 0.5) is 0 Å². The first-order chi connectivity index (χ1) is 18.5. The quantitative estimate of drug-likeness (QED) is 0.202. The van der Waals surface area contributed by atoms with Crippen LogP contribution < -0.4 is 5.32 Å². The van der Waals surface area contributed by atoms with Crippen molar-refractivity contribution in [3.05, 3.63) is 98.4 Å². The number of nitrogens with one attached hydrogen (secondary N) is 1. The minimum atomic E-state index is -0.551. The van der Waals surface area contributed by atoms with Gasteiger partial charge in [0, 0.05) is 32.2 Å². The average molecular weight is 629 g/mol. The number of carbonyl (C=O) groups is 2. The van der Waals surface area contributed by atoms with Crippen molar-refractivity contribution in [2.75, 3.05) is 6.54 Å². The zero-order valence-electron chi connectivity index (χ0n) is 21.8. The van der Waals surface area contributed by atoms with Crippen LogP contribution in [-0.4, -0.2) is 33.8 Å². The molecule has 0 atom stereocenters. The Labute approximate surface area is 246 Å². The lowest BCUT2D eigenvalue weighted by molar-refractivity contribution is -0.154. The van der Waals surface area contributed by atoms with Gasteiger partial charge in [0.15, 0.2) is 0 Å². The van der Waals surface area contributed by atoms with E-state index in [0.29, 0.717) is 22.2 Å². The molecule has 0 aliphatic carbocycles. The zero-order valence-corrected chi connectivity index (χ0v) is 24.9. The topological polar surface area (TPSA) is 73.2 Å². The van der Waals surface area contributed by atoms with Gasteiger partial charge in [-0.3, -0.25) is 14.3 Å². The van der Waals surface area contributed by atoms with E-state index in [2.05, 4.69) is 21.2 Å². The molecule has 0 saturated heterocycles. The summed E-state index contributed by atoms with van der Waals surface area (Å²) in [5, 5.41) is 8.71. The molecule has 202 valence electrons. The highest BCUT2D eigenvalue weighted by molar-refractivity contribution is 9.10. The first-order valence-corrected chi connectivity index (χ1v) is 13.9. The molecular weight excluding hydrogens is 601 g/mol. The van der Waals surface area contributed by atoms with Gasteiger partial charge in [0.1, 0.15) is 5.60 Å². The molecule has 4 aromatic rings. The molecule has 0 fully saturated rings. The van der Waals surface area contributed by atoms with Crippen LogP contribution in [0.25, 0.3) is 22.5 Å². The van der Waals surface area contributed by atoms with Gasteiger partial charge in [0.25, 0.3) is 5.91 Å². The number of ether oxygens (including phenoxy) is 1. The summed E-state index contributed by atoms with van der Waals surface area (Å²) in [7, 11) is 0. The Hall–Kier alpha value is -3.13. The molecule has 1 aromatic heterocycles. The van der Waals surface area contributed by atoms with Crippen molar-refractivity contribution < 1.29 is 14.3 Å². The van der Waals surface area contributed by atoms with E-state index in [1.165, 1.54) is 0 Å². The summed E-state index contributed by atoms with van der Waals surface area (Å²) < 4.78 is 8.18. The third-order valence-electron chi connectivity index (χ3n) is 5.66. The summed E-state index contributed by atoms with van der Waals surface area (Å²) in [6.07, 6.45) is 0.111. The van der Waals surface area contributed by atoms with Gasteiger partial charge in [-0.2, -0.15) is 5.10 Å². The molecule has 0 spiro atoms. The molecule has 39 heavy (non-hydrogen) atoms. The number of aromatic nitrogens is 2. The highest BCUT2D eigenvalue weighted by Crippen LogP contribution is 2.31. The van der Waals surface area contributed by atoms with Crippen LogP contribution in [-0.2, 0) is 16.1 Å². The Bertz CT molecular complexity index is 1460. The van der Waals surface area contributed by atoms with Crippen LogP contribution in [0.15, 0.2) is 77.3 Å². The summed E-state index contributed by atoms with van der Waals surface area (Å²) in [6.45, 7) is 6.12. The molecule has 0 bridgehead atoms. The molecule has 9 heteroatoms. The number of esters is 1. The lowest BCUT2D eigenvalue weighted by Gasteiger charge is -2.19. The Kier molecular flexibility index (Phi) is 9.15. The van der Waals surface area contributed by atoms with E-state index in [4.69, 9.17) is 33.0 Å². The molecule has 1 heterocycles. The van der Waals surface area contributed by atoms with E-state index < -0.39 is 5.60 Å². The predicted octanol–water partition coefficient (Wildman–Crippen LogP) is 7.80. The fourth-order valence-electron chi connectivity index (χ4n) is 3.94. The summed E-state index contributed by atoms with van der Waals surface area (Å²) in [6, 6.07) is 22.7. The van der Waals surface area contributed by atoms with Crippen molar-refractivity contribution in [1.29, 1.82) is 0 Å². The highest BCUT2D eigenvalue weighted by atomic mass is 79.9. The second-order valence-electron chi connectivity index (χ2n) is 10.0. The SMILES string of the molecule is CC(C)(C)OC(=O)CCNC(=O)c1ccc(Cn2nc(-c3cc(Cl)cc(Cl)c3)cc2-c2ccc(Br)cc2)cc1. The largest absolute Gasteiger partial charge is 0.460 e. The molecule has 0 unspecified atom stereocenters. The molecule has 0 aliphatic rings. The monoisotopic (exact) mass is 627 g/mol. The molecule has 0 aliphatic heterocycles. The maximum atomic E-state index is 12.6. The van der Waals surface area contributed by atoms with Crippen molar-refractivity contribution >= 4 is 51.0 Å². The standard InChI is InChI=1S/C30H28BrCl2N3O3/c1-30(2,3)39-28(37)12-13-34-29(38)21-6-4-19(5-7-21)18-36-27(20-8-10-23(31)11-9-20)17-26(35-36)22-14-24(32)16-25(33)15-22/h4-11,14-17H,12-13,18H2,1-3H3,(H,34,38). The van der Waals surface area contributed by atoms with E-state index >= 15 is 0 Å². The molecule has 1 N–H and O–H groups in total. The molecule has 3 aromatic carbocycles. The smallest absolute Gasteiger partial charge is 0.308 e. The number of hydrogen-bond donors (Lipinski definition) is 1. The van der Waals surface area contributed by atoms with Gasteiger partial charge in [-0.25, -0.2) is 0 Å². The summed E-state index contributed by atoms with van der Waals surface area (Å²) in [5.41, 5.74) is 4.43. The second kappa shape index (κ2) is 12.4. The normalized spacial score (nSPS) is 11.3. The van der Waals surface area contributed by atoms with Crippen LogP contribution in [0.2, 0.25) is 10.0 Å². The van der Waals surface area contributed by atoms with Gasteiger partial charge < -0.3 is 10.1 Å². The second-order valence-corrected chi connectivity index (χ2v) is 11.8. The van der Waals surface area contributed by atoms with Crippen LogP contribution in [0.1, 0.15) is 43.1 Å². The predicted molar refractivity (Wildman–Crippen MR) is 159 cm³/mol. The van der Waals surface area contributed by atoms with Gasteiger partial charge in [-0.05, 0) is 80.4 Å². The number of carbonyl (C=O) groups excluding carboxylic acids is 2. The Balaban J connectivity index is 1.50. The van der Waals surface area contributed by atoms with Gasteiger partial charge in [-0.1, -0.05) is 63.4 Å². The van der Waals surface area contributed by atoms with Gasteiger partial charge >= 0.3 is 5.97 Å². The van der Waals surface area contributed by atoms with E-state index in [-0.39, 0.29) is 24.8 Å². The van der Waals surface area contributed by atoms with E-state index in [1.807, 2.05) is 80.1 Å². The van der Waals surface area contributed by atoms with Crippen molar-refractivity contribution in [3.63, 3.8) is 0 Å². The minimum absolute atomic E-state index is 0.111. The number of amides is 1. The summed E-state index contributed by atoms with van der Waals surface area (Å²) in [5.74, 6) is -0.599. The van der Waals surface area contributed by atoms with E-state index in [0.717, 1.165) is 32.6 Å². The third-order valence-corrected chi connectivity index (χ3v) is 6.63. The molecule has 1 amide bonds. The number of halogens is 3. The molecule has 0 saturated carbocycles. The minimum Gasteiger partial charge on any atom is -0.460 e. The average Bonchev–Trinajstić information content (AvgIpc) is 3.27. The molecular formula is C30H28BrCl2N3O3. The van der Waals surface area contributed by atoms with Gasteiger partial charge in [0.05, 0.1) is 24.4 Å². The van der Waals surface area contributed by atoms with Gasteiger partial charge in [-0.15, -0.1) is 0 Å². The van der Waals surface area contributed by atoms with Gasteiger partial charge in [0.2, 0.25) is 0 Å². The van der Waals surface area contributed by atoms with Crippen LogP contribution in [0.3, 0.4) is 0 Å². The molecule has 4 rings (SSSR count). The van der Waals surface area contributed by atoms with Crippen molar-refractivity contribution in [3.8, 4) is 22.5 Å². The lowest BCUT2D eigenvalue weighted by Crippen LogP contribution is -2.29. The summed E-state index contributed by atoms with van der Waals surface area (Å²) in [4.78, 5) is 24.4. The van der Waals surface area contributed by atoms with E-state index in [1.54, 1.807) is 18.2 Å². The first kappa shape index (κ1) is 28.9. The maximum Gasteiger partial charge on any atom is 0.308 e. The fraction of sp³-hybridized carbons (Fsp3) is 0.233. The van der Waals surface area contributed by atoms with Crippen molar-refractivity contribution in [2.45, 2.75) is 39.3 Å². The Morgan fingerprint density at radius 1 is 0.923 bits per heavy atom. The lowest BCUT2D eigenvalue weighted by atomic mass is 10.1. The number of hydrogen-bond acceptors (Lipinski definition) is 4. The van der Waals surface area contributed by atoms with Crippen molar-refractivity contribution in [1.82, 2.24) is 15.1 Å². The Morgan fingerprint density at radius 2 is 1.56 bits per heavy atom. The number of nitrogens with zero attached hydrogens (tertiary/aromatic N) is 2. The Morgan fingerprint density at radius 3 is 2.18 bits per heavy atom. The molecule has 0 radical (unpaired) electrons. The van der Waals surface area contributed by atoms with E-state index in [9.17, 15) is 9.59 Å². The van der Waals surface area contributed by atoms with Crippen LogP contribution in [0.5, 0.6) is 0 Å². The van der Waals surface area contributed by atoms with Crippen molar-refractivity contribution in [2.24, 2.45) is 0 Å². The fourth-order valence-corrected chi connectivity index (χ4v) is 4.73. The van der Waals surface area contributed by atoms with Crippen LogP contribution >= 0.6 is 39.1 Å². The van der Waals surface area contributed by atoms with Crippen LogP contribution in [0, 0.1) is 0 Å². The first-order valence-electron chi connectivity index (χ1n) is 12.4. The maximum absolute atomic E-state index is 12.6. The number of benzene rings is 3. The highest BCUT2D eigenvalue weighted by Gasteiger charge is 2.17. The third kappa shape index (κ3) is 8.18. The number of rotatable bonds is 8.